The first-order valence-electron chi connectivity index (χ1n) is 8.05. The van der Waals surface area contributed by atoms with Gasteiger partial charge in [-0.15, -0.1) is 0 Å². The van der Waals surface area contributed by atoms with Crippen molar-refractivity contribution in [3.05, 3.63) is 96.0 Å². The molecule has 1 heterocycles. The second-order valence-electron chi connectivity index (χ2n) is 5.70. The molecule has 2 nitrogen and oxygen atoms in total. The second-order valence-corrected chi connectivity index (χ2v) is 6.14. The Morgan fingerprint density at radius 2 is 1.08 bits per heavy atom. The van der Waals surface area contributed by atoms with Crippen LogP contribution in [0.15, 0.2) is 91.0 Å². The molecule has 0 aliphatic carbocycles. The SMILES string of the molecule is Clc1cccc(-c2cc(-c3ccccc3)nc(-c3ccccc3)n2)c1. The molecule has 25 heavy (non-hydrogen) atoms. The molecule has 0 saturated heterocycles. The maximum Gasteiger partial charge on any atom is 0.160 e. The van der Waals surface area contributed by atoms with Gasteiger partial charge in [0.1, 0.15) is 0 Å². The van der Waals surface area contributed by atoms with Gasteiger partial charge in [-0.3, -0.25) is 0 Å². The van der Waals surface area contributed by atoms with Gasteiger partial charge in [-0.2, -0.15) is 0 Å². The fourth-order valence-electron chi connectivity index (χ4n) is 2.72. The summed E-state index contributed by atoms with van der Waals surface area (Å²) in [5.41, 5.74) is 4.78. The fraction of sp³-hybridized carbons (Fsp3) is 0. The van der Waals surface area contributed by atoms with Crippen molar-refractivity contribution in [1.29, 1.82) is 0 Å². The van der Waals surface area contributed by atoms with Crippen molar-refractivity contribution in [1.82, 2.24) is 9.97 Å². The zero-order chi connectivity index (χ0) is 17.1. The highest BCUT2D eigenvalue weighted by atomic mass is 35.5. The van der Waals surface area contributed by atoms with E-state index in [1.54, 1.807) is 0 Å². The van der Waals surface area contributed by atoms with E-state index in [0.717, 1.165) is 28.1 Å². The van der Waals surface area contributed by atoms with E-state index in [2.05, 4.69) is 12.1 Å². The van der Waals surface area contributed by atoms with Gasteiger partial charge >= 0.3 is 0 Å². The van der Waals surface area contributed by atoms with Crippen LogP contribution in [0.25, 0.3) is 33.9 Å². The number of aromatic nitrogens is 2. The Morgan fingerprint density at radius 1 is 0.520 bits per heavy atom. The third-order valence-corrected chi connectivity index (χ3v) is 4.18. The van der Waals surface area contributed by atoms with Gasteiger partial charge in [0.05, 0.1) is 11.4 Å². The highest BCUT2D eigenvalue weighted by Gasteiger charge is 2.10. The van der Waals surface area contributed by atoms with E-state index in [4.69, 9.17) is 21.6 Å². The third-order valence-electron chi connectivity index (χ3n) is 3.95. The Morgan fingerprint density at radius 3 is 1.72 bits per heavy atom. The minimum absolute atomic E-state index is 0.693. The lowest BCUT2D eigenvalue weighted by molar-refractivity contribution is 1.18. The Bertz CT molecular complexity index is 941. The summed E-state index contributed by atoms with van der Waals surface area (Å²) in [6, 6.07) is 29.9. The molecule has 4 rings (SSSR count). The summed E-state index contributed by atoms with van der Waals surface area (Å²) in [6.07, 6.45) is 0. The quantitative estimate of drug-likeness (QED) is 0.447. The van der Waals surface area contributed by atoms with E-state index in [9.17, 15) is 0 Å². The Labute approximate surface area is 151 Å². The number of halogens is 1. The number of rotatable bonds is 3. The van der Waals surface area contributed by atoms with Crippen molar-refractivity contribution >= 4 is 11.6 Å². The molecule has 0 amide bonds. The average Bonchev–Trinajstić information content (AvgIpc) is 2.69. The first kappa shape index (κ1) is 15.6. The van der Waals surface area contributed by atoms with Crippen LogP contribution in [0.3, 0.4) is 0 Å². The lowest BCUT2D eigenvalue weighted by atomic mass is 10.1. The largest absolute Gasteiger partial charge is 0.228 e. The van der Waals surface area contributed by atoms with E-state index in [0.29, 0.717) is 10.8 Å². The molecular weight excluding hydrogens is 328 g/mol. The topological polar surface area (TPSA) is 25.8 Å². The summed E-state index contributed by atoms with van der Waals surface area (Å²) in [5.74, 6) is 0.705. The summed E-state index contributed by atoms with van der Waals surface area (Å²) in [7, 11) is 0. The predicted octanol–water partition coefficient (Wildman–Crippen LogP) is 6.13. The molecule has 0 aliphatic heterocycles. The minimum Gasteiger partial charge on any atom is -0.228 e. The lowest BCUT2D eigenvalue weighted by Gasteiger charge is -2.09. The molecule has 3 heteroatoms. The number of benzene rings is 3. The van der Waals surface area contributed by atoms with Crippen molar-refractivity contribution in [2.75, 3.05) is 0 Å². The van der Waals surface area contributed by atoms with Crippen LogP contribution in [-0.4, -0.2) is 9.97 Å². The van der Waals surface area contributed by atoms with Gasteiger partial charge < -0.3 is 0 Å². The summed E-state index contributed by atoms with van der Waals surface area (Å²) < 4.78 is 0. The summed E-state index contributed by atoms with van der Waals surface area (Å²) in [4.78, 5) is 9.55. The van der Waals surface area contributed by atoms with Crippen LogP contribution >= 0.6 is 11.6 Å². The molecule has 0 atom stereocenters. The Hall–Kier alpha value is -2.97. The van der Waals surface area contributed by atoms with E-state index in [1.807, 2.05) is 78.9 Å². The molecule has 120 valence electrons. The molecule has 1 aromatic heterocycles. The maximum absolute atomic E-state index is 6.16. The Kier molecular flexibility index (Phi) is 4.28. The number of hydrogen-bond acceptors (Lipinski definition) is 2. The molecule has 3 aromatic carbocycles. The van der Waals surface area contributed by atoms with Gasteiger partial charge in [0, 0.05) is 21.7 Å². The van der Waals surface area contributed by atoms with Crippen molar-refractivity contribution in [3.63, 3.8) is 0 Å². The molecule has 0 radical (unpaired) electrons. The van der Waals surface area contributed by atoms with Gasteiger partial charge in [0.2, 0.25) is 0 Å². The normalized spacial score (nSPS) is 10.6. The first-order chi connectivity index (χ1) is 12.3. The first-order valence-corrected chi connectivity index (χ1v) is 8.43. The minimum atomic E-state index is 0.693. The van der Waals surface area contributed by atoms with Gasteiger partial charge in [-0.1, -0.05) is 84.4 Å². The molecule has 0 N–H and O–H groups in total. The Balaban J connectivity index is 1.92. The lowest BCUT2D eigenvalue weighted by Crippen LogP contribution is -1.95. The number of hydrogen-bond donors (Lipinski definition) is 0. The molecule has 4 aromatic rings. The van der Waals surface area contributed by atoms with Crippen molar-refractivity contribution < 1.29 is 0 Å². The van der Waals surface area contributed by atoms with Crippen molar-refractivity contribution in [2.45, 2.75) is 0 Å². The molecule has 0 aliphatic rings. The van der Waals surface area contributed by atoms with E-state index in [-0.39, 0.29) is 0 Å². The second kappa shape index (κ2) is 6.88. The zero-order valence-corrected chi connectivity index (χ0v) is 14.2. The van der Waals surface area contributed by atoms with Crippen LogP contribution in [0.2, 0.25) is 5.02 Å². The van der Waals surface area contributed by atoms with Crippen LogP contribution in [0.5, 0.6) is 0 Å². The van der Waals surface area contributed by atoms with Crippen LogP contribution in [0.4, 0.5) is 0 Å². The molecule has 0 unspecified atom stereocenters. The monoisotopic (exact) mass is 342 g/mol. The molecule has 0 saturated carbocycles. The van der Waals surface area contributed by atoms with Gasteiger partial charge in [-0.25, -0.2) is 9.97 Å². The van der Waals surface area contributed by atoms with Crippen molar-refractivity contribution in [2.24, 2.45) is 0 Å². The van der Waals surface area contributed by atoms with Crippen LogP contribution in [-0.2, 0) is 0 Å². The molecule has 0 spiro atoms. The van der Waals surface area contributed by atoms with Gasteiger partial charge in [0.15, 0.2) is 5.82 Å². The highest BCUT2D eigenvalue weighted by Crippen LogP contribution is 2.28. The van der Waals surface area contributed by atoms with Crippen LogP contribution in [0.1, 0.15) is 0 Å². The third kappa shape index (κ3) is 3.44. The number of nitrogens with zero attached hydrogens (tertiary/aromatic N) is 2. The smallest absolute Gasteiger partial charge is 0.160 e. The van der Waals surface area contributed by atoms with Crippen LogP contribution in [0, 0.1) is 0 Å². The molecule has 0 bridgehead atoms. The van der Waals surface area contributed by atoms with Gasteiger partial charge in [-0.05, 0) is 18.2 Å². The summed E-state index contributed by atoms with van der Waals surface area (Å²) in [6.45, 7) is 0. The predicted molar refractivity (Wildman–Crippen MR) is 103 cm³/mol. The standard InChI is InChI=1S/C22H15ClN2/c23-19-13-7-12-18(14-19)21-15-20(16-8-3-1-4-9-16)24-22(25-21)17-10-5-2-6-11-17/h1-15H. The molecular formula is C22H15ClN2. The van der Waals surface area contributed by atoms with E-state index in [1.165, 1.54) is 0 Å². The van der Waals surface area contributed by atoms with Crippen LogP contribution < -0.4 is 0 Å². The molecule has 0 fully saturated rings. The van der Waals surface area contributed by atoms with E-state index < -0.39 is 0 Å². The average molecular weight is 343 g/mol. The van der Waals surface area contributed by atoms with Gasteiger partial charge in [0.25, 0.3) is 0 Å². The highest BCUT2D eigenvalue weighted by molar-refractivity contribution is 6.30. The summed E-state index contributed by atoms with van der Waals surface area (Å²) >= 11 is 6.16. The van der Waals surface area contributed by atoms with E-state index >= 15 is 0 Å². The maximum atomic E-state index is 6.16. The zero-order valence-electron chi connectivity index (χ0n) is 13.4. The van der Waals surface area contributed by atoms with Crippen molar-refractivity contribution in [3.8, 4) is 33.9 Å². The fourth-order valence-corrected chi connectivity index (χ4v) is 2.91. The summed E-state index contributed by atoms with van der Waals surface area (Å²) in [5, 5.41) is 0.693.